The molecule has 1 aliphatic heterocycles. The van der Waals surface area contributed by atoms with Crippen molar-refractivity contribution in [2.45, 2.75) is 13.8 Å². The van der Waals surface area contributed by atoms with Gasteiger partial charge in [-0.3, -0.25) is 14.5 Å². The molecule has 0 aromatic heterocycles. The van der Waals surface area contributed by atoms with Gasteiger partial charge in [0.1, 0.15) is 16.6 Å². The number of carboxylic acids is 1. The molecule has 0 spiro atoms. The third-order valence-corrected chi connectivity index (χ3v) is 4.87. The fourth-order valence-corrected chi connectivity index (χ4v) is 3.44. The van der Waals surface area contributed by atoms with Crippen LogP contribution in [0.3, 0.4) is 0 Å². The Morgan fingerprint density at radius 2 is 2.08 bits per heavy atom. The maximum atomic E-state index is 12.1. The fourth-order valence-electron chi connectivity index (χ4n) is 2.24. The maximum Gasteiger partial charge on any atom is 0.323 e. The monoisotopic (exact) mass is 363 g/mol. The van der Waals surface area contributed by atoms with Crippen molar-refractivity contribution in [2.24, 2.45) is 0 Å². The van der Waals surface area contributed by atoms with Gasteiger partial charge in [-0.15, -0.1) is 0 Å². The van der Waals surface area contributed by atoms with Gasteiger partial charge in [-0.05, 0) is 48.7 Å². The number of carbonyl (C=O) groups excluding carboxylic acids is 1. The van der Waals surface area contributed by atoms with Crippen molar-refractivity contribution in [1.29, 1.82) is 0 Å². The molecule has 0 aliphatic carbocycles. The minimum absolute atomic E-state index is 0.263. The van der Waals surface area contributed by atoms with Crippen LogP contribution in [0, 0.1) is 13.8 Å². The third-order valence-electron chi connectivity index (χ3n) is 3.47. The molecular weight excluding hydrogens is 346 g/mol. The molecule has 1 aliphatic rings. The summed E-state index contributed by atoms with van der Waals surface area (Å²) in [5, 5.41) is 8.81. The molecule has 7 heteroatoms. The Labute approximate surface area is 150 Å². The van der Waals surface area contributed by atoms with Crippen LogP contribution < -0.4 is 4.74 Å². The quantitative estimate of drug-likeness (QED) is 0.640. The lowest BCUT2D eigenvalue weighted by molar-refractivity contribution is -0.140. The SMILES string of the molecule is COc1cc(C)c(/C=C/C=C2\SC(=S)N(CC(=O)O)C2=O)cc1C. The second-order valence-corrected chi connectivity index (χ2v) is 6.90. The van der Waals surface area contributed by atoms with Crippen LogP contribution in [0.5, 0.6) is 5.75 Å². The number of thiocarbonyl (C=S) groups is 1. The number of aryl methyl sites for hydroxylation is 2. The molecule has 1 N–H and O–H groups in total. The standard InChI is InChI=1S/C17H17NO4S2/c1-10-8-13(22-3)11(2)7-12(10)5-4-6-14-16(21)18(9-15(19)20)17(23)24-14/h4-8H,9H2,1-3H3,(H,19,20)/b5-4+,14-6-. The Kier molecular flexibility index (Phi) is 5.80. The number of allylic oxidation sites excluding steroid dienone is 2. The molecule has 1 fully saturated rings. The van der Waals surface area contributed by atoms with Crippen LogP contribution in [0.4, 0.5) is 0 Å². The van der Waals surface area contributed by atoms with Crippen LogP contribution in [0.15, 0.2) is 29.2 Å². The summed E-state index contributed by atoms with van der Waals surface area (Å²) in [7, 11) is 1.64. The van der Waals surface area contributed by atoms with Crippen molar-refractivity contribution in [3.63, 3.8) is 0 Å². The average molecular weight is 363 g/mol. The number of ether oxygens (including phenoxy) is 1. The first-order valence-corrected chi connectivity index (χ1v) is 8.35. The summed E-state index contributed by atoms with van der Waals surface area (Å²) in [6.45, 7) is 3.53. The molecule has 0 unspecified atom stereocenters. The summed E-state index contributed by atoms with van der Waals surface area (Å²) >= 11 is 6.16. The van der Waals surface area contributed by atoms with Gasteiger partial charge in [0.05, 0.1) is 12.0 Å². The van der Waals surface area contributed by atoms with E-state index in [1.807, 2.05) is 32.1 Å². The van der Waals surface area contributed by atoms with Gasteiger partial charge < -0.3 is 9.84 Å². The van der Waals surface area contributed by atoms with Gasteiger partial charge in [0.2, 0.25) is 0 Å². The first-order valence-electron chi connectivity index (χ1n) is 7.12. The normalized spacial score (nSPS) is 16.5. The van der Waals surface area contributed by atoms with Crippen molar-refractivity contribution in [1.82, 2.24) is 4.90 Å². The Bertz CT molecular complexity index is 768. The number of aliphatic carboxylic acids is 1. The average Bonchev–Trinajstić information content (AvgIpc) is 2.77. The Morgan fingerprint density at radius 3 is 2.71 bits per heavy atom. The van der Waals surface area contributed by atoms with Gasteiger partial charge in [0, 0.05) is 0 Å². The minimum Gasteiger partial charge on any atom is -0.496 e. The number of hydrogen-bond acceptors (Lipinski definition) is 5. The number of hydrogen-bond donors (Lipinski definition) is 1. The number of benzene rings is 1. The minimum atomic E-state index is -1.09. The molecule has 0 atom stereocenters. The predicted molar refractivity (Wildman–Crippen MR) is 99.1 cm³/mol. The van der Waals surface area contributed by atoms with Crippen molar-refractivity contribution in [3.05, 3.63) is 45.9 Å². The first kappa shape index (κ1) is 18.2. The maximum absolute atomic E-state index is 12.1. The molecule has 1 saturated heterocycles. The predicted octanol–water partition coefficient (Wildman–Crippen LogP) is 3.15. The summed E-state index contributed by atoms with van der Waals surface area (Å²) in [5.74, 6) is -0.633. The number of amides is 1. The smallest absolute Gasteiger partial charge is 0.323 e. The second kappa shape index (κ2) is 7.63. The summed E-state index contributed by atoms with van der Waals surface area (Å²) in [5.41, 5.74) is 3.10. The van der Waals surface area contributed by atoms with E-state index in [1.165, 1.54) is 0 Å². The van der Waals surface area contributed by atoms with E-state index in [9.17, 15) is 9.59 Å². The molecule has 24 heavy (non-hydrogen) atoms. The summed E-state index contributed by atoms with van der Waals surface area (Å²) in [6, 6.07) is 3.97. The van der Waals surface area contributed by atoms with Crippen LogP contribution in [0.25, 0.3) is 6.08 Å². The zero-order valence-corrected chi connectivity index (χ0v) is 15.2. The van der Waals surface area contributed by atoms with Crippen molar-refractivity contribution >= 4 is 46.3 Å². The highest BCUT2D eigenvalue weighted by Crippen LogP contribution is 2.31. The van der Waals surface area contributed by atoms with E-state index >= 15 is 0 Å². The Balaban J connectivity index is 2.18. The Morgan fingerprint density at radius 1 is 1.38 bits per heavy atom. The lowest BCUT2D eigenvalue weighted by atomic mass is 10.0. The summed E-state index contributed by atoms with van der Waals surface area (Å²) < 4.78 is 5.55. The molecular formula is C17H17NO4S2. The van der Waals surface area contributed by atoms with E-state index in [4.69, 9.17) is 22.1 Å². The van der Waals surface area contributed by atoms with E-state index in [2.05, 4.69) is 0 Å². The van der Waals surface area contributed by atoms with Crippen molar-refractivity contribution < 1.29 is 19.4 Å². The van der Waals surface area contributed by atoms with Gasteiger partial charge in [0.25, 0.3) is 5.91 Å². The molecule has 0 bridgehead atoms. The summed E-state index contributed by atoms with van der Waals surface area (Å²) in [6.07, 6.45) is 5.31. The first-order chi connectivity index (χ1) is 11.3. The van der Waals surface area contributed by atoms with E-state index in [1.54, 1.807) is 19.3 Å². The van der Waals surface area contributed by atoms with E-state index in [-0.39, 0.29) is 10.2 Å². The molecule has 1 amide bonds. The van der Waals surface area contributed by atoms with Gasteiger partial charge in [-0.2, -0.15) is 0 Å². The second-order valence-electron chi connectivity index (χ2n) is 5.22. The van der Waals surface area contributed by atoms with Crippen LogP contribution in [0.1, 0.15) is 16.7 Å². The number of nitrogens with zero attached hydrogens (tertiary/aromatic N) is 1. The number of methoxy groups -OCH3 is 1. The van der Waals surface area contributed by atoms with E-state index < -0.39 is 12.5 Å². The highest BCUT2D eigenvalue weighted by Gasteiger charge is 2.32. The van der Waals surface area contributed by atoms with Crippen molar-refractivity contribution in [3.8, 4) is 5.75 Å². The Hall–Kier alpha value is -2.12. The zero-order chi connectivity index (χ0) is 17.9. The molecule has 1 heterocycles. The molecule has 126 valence electrons. The van der Waals surface area contributed by atoms with Gasteiger partial charge >= 0.3 is 5.97 Å². The molecule has 1 aromatic carbocycles. The molecule has 5 nitrogen and oxygen atoms in total. The molecule has 0 radical (unpaired) electrons. The highest BCUT2D eigenvalue weighted by atomic mass is 32.2. The number of carbonyl (C=O) groups is 2. The van der Waals surface area contributed by atoms with Gasteiger partial charge in [-0.25, -0.2) is 0 Å². The van der Waals surface area contributed by atoms with Crippen LogP contribution in [-0.4, -0.2) is 39.9 Å². The number of carboxylic acid groups (broad SMARTS) is 1. The largest absolute Gasteiger partial charge is 0.496 e. The topological polar surface area (TPSA) is 66.8 Å². The third kappa shape index (κ3) is 4.04. The number of rotatable bonds is 5. The van der Waals surface area contributed by atoms with Crippen LogP contribution in [-0.2, 0) is 9.59 Å². The van der Waals surface area contributed by atoms with Crippen molar-refractivity contribution in [2.75, 3.05) is 13.7 Å². The highest BCUT2D eigenvalue weighted by molar-refractivity contribution is 8.26. The summed E-state index contributed by atoms with van der Waals surface area (Å²) in [4.78, 5) is 24.4. The zero-order valence-electron chi connectivity index (χ0n) is 13.5. The van der Waals surface area contributed by atoms with Crippen LogP contribution >= 0.6 is 24.0 Å². The van der Waals surface area contributed by atoms with Crippen LogP contribution in [0.2, 0.25) is 0 Å². The molecule has 0 saturated carbocycles. The van der Waals surface area contributed by atoms with Gasteiger partial charge in [0.15, 0.2) is 0 Å². The van der Waals surface area contributed by atoms with E-state index in [0.29, 0.717) is 4.91 Å². The fraction of sp³-hybridized carbons (Fsp3) is 0.235. The lowest BCUT2D eigenvalue weighted by Crippen LogP contribution is -2.33. The molecule has 2 rings (SSSR count). The number of thioether (sulfide) groups is 1. The van der Waals surface area contributed by atoms with E-state index in [0.717, 1.165) is 39.1 Å². The van der Waals surface area contributed by atoms with Gasteiger partial charge in [-0.1, -0.05) is 36.1 Å². The molecule has 1 aromatic rings. The lowest BCUT2D eigenvalue weighted by Gasteiger charge is -2.10.